The number of amides is 1. The number of carbonyl (C=O) groups excluding carboxylic acids is 1. The van der Waals surface area contributed by atoms with Crippen LogP contribution in [0, 0.1) is 11.8 Å². The minimum Gasteiger partial charge on any atom is -0.444 e. The van der Waals surface area contributed by atoms with Crippen molar-refractivity contribution >= 4 is 6.09 Å². The number of carbonyl (C=O) groups is 1. The van der Waals surface area contributed by atoms with Crippen molar-refractivity contribution in [3.8, 4) is 0 Å². The van der Waals surface area contributed by atoms with E-state index >= 15 is 0 Å². The Hall–Kier alpha value is -0.990. The maximum absolute atomic E-state index is 10.3. The second kappa shape index (κ2) is 2.26. The van der Waals surface area contributed by atoms with E-state index < -0.39 is 6.09 Å². The van der Waals surface area contributed by atoms with Gasteiger partial charge in [0.15, 0.2) is 0 Å². The molecule has 0 aromatic heterocycles. The lowest BCUT2D eigenvalue weighted by Crippen LogP contribution is -2.21. The zero-order valence-electron chi connectivity index (χ0n) is 6.12. The number of hydrogen-bond donors (Lipinski definition) is 0. The SMILES string of the molecule is [NH]C(=O)OC1CC2C=CC1C2. The summed E-state index contributed by atoms with van der Waals surface area (Å²) in [4.78, 5) is 10.3. The maximum atomic E-state index is 10.3. The van der Waals surface area contributed by atoms with Crippen LogP contribution in [0.15, 0.2) is 12.2 Å². The summed E-state index contributed by atoms with van der Waals surface area (Å²) in [5.41, 5.74) is 6.64. The van der Waals surface area contributed by atoms with Gasteiger partial charge in [0.1, 0.15) is 6.10 Å². The molecule has 0 aromatic carbocycles. The Bertz CT molecular complexity index is 212. The van der Waals surface area contributed by atoms with Crippen molar-refractivity contribution in [2.45, 2.75) is 18.9 Å². The molecule has 1 radical (unpaired) electrons. The molecule has 0 saturated heterocycles. The van der Waals surface area contributed by atoms with Crippen molar-refractivity contribution in [3.63, 3.8) is 0 Å². The third kappa shape index (κ3) is 1.11. The van der Waals surface area contributed by atoms with Crippen molar-refractivity contribution in [1.82, 2.24) is 5.73 Å². The molecule has 2 aliphatic rings. The first-order valence-electron chi connectivity index (χ1n) is 3.86. The fraction of sp³-hybridized carbons (Fsp3) is 0.625. The van der Waals surface area contributed by atoms with Crippen LogP contribution in [0.4, 0.5) is 4.79 Å². The molecular weight excluding hydrogens is 142 g/mol. The van der Waals surface area contributed by atoms with Crippen LogP contribution in [-0.4, -0.2) is 12.2 Å². The van der Waals surface area contributed by atoms with Crippen molar-refractivity contribution in [1.29, 1.82) is 0 Å². The van der Waals surface area contributed by atoms with E-state index in [9.17, 15) is 4.79 Å². The second-order valence-corrected chi connectivity index (χ2v) is 3.22. The van der Waals surface area contributed by atoms with Gasteiger partial charge in [0, 0.05) is 5.92 Å². The summed E-state index contributed by atoms with van der Waals surface area (Å²) in [5.74, 6) is 0.999. The smallest absolute Gasteiger partial charge is 0.426 e. The molecule has 59 valence electrons. The van der Waals surface area contributed by atoms with Gasteiger partial charge in [0.05, 0.1) is 0 Å². The summed E-state index contributed by atoms with van der Waals surface area (Å²) < 4.78 is 4.82. The number of allylic oxidation sites excluding steroid dienone is 1. The van der Waals surface area contributed by atoms with Crippen molar-refractivity contribution in [2.75, 3.05) is 0 Å². The molecule has 0 spiro atoms. The van der Waals surface area contributed by atoms with Gasteiger partial charge in [0.2, 0.25) is 0 Å². The van der Waals surface area contributed by atoms with Gasteiger partial charge in [0.25, 0.3) is 0 Å². The molecule has 0 aliphatic heterocycles. The third-order valence-electron chi connectivity index (χ3n) is 2.48. The van der Waals surface area contributed by atoms with Gasteiger partial charge in [-0.3, -0.25) is 0 Å². The Morgan fingerprint density at radius 3 is 2.73 bits per heavy atom. The molecule has 3 unspecified atom stereocenters. The fourth-order valence-corrected chi connectivity index (χ4v) is 2.00. The molecule has 1 N–H and O–H groups in total. The summed E-state index contributed by atoms with van der Waals surface area (Å²) in [6.07, 6.45) is 5.41. The normalized spacial score (nSPS) is 39.5. The van der Waals surface area contributed by atoms with E-state index in [1.165, 1.54) is 0 Å². The first-order chi connectivity index (χ1) is 5.25. The quantitative estimate of drug-likeness (QED) is 0.533. The van der Waals surface area contributed by atoms with Crippen LogP contribution in [0.3, 0.4) is 0 Å². The Morgan fingerprint density at radius 1 is 1.45 bits per heavy atom. The minimum atomic E-state index is -0.893. The molecule has 3 atom stereocenters. The fourth-order valence-electron chi connectivity index (χ4n) is 2.00. The van der Waals surface area contributed by atoms with Gasteiger partial charge in [-0.05, 0) is 18.8 Å². The summed E-state index contributed by atoms with van der Waals surface area (Å²) in [6.45, 7) is 0. The van der Waals surface area contributed by atoms with Crippen LogP contribution >= 0.6 is 0 Å². The van der Waals surface area contributed by atoms with E-state index in [0.29, 0.717) is 11.8 Å². The largest absolute Gasteiger partial charge is 0.444 e. The molecule has 2 bridgehead atoms. The van der Waals surface area contributed by atoms with Crippen molar-refractivity contribution < 1.29 is 9.53 Å². The van der Waals surface area contributed by atoms with Crippen molar-refractivity contribution in [2.24, 2.45) is 11.8 Å². The third-order valence-corrected chi connectivity index (χ3v) is 2.48. The predicted molar refractivity (Wildman–Crippen MR) is 38.7 cm³/mol. The Morgan fingerprint density at radius 2 is 2.27 bits per heavy atom. The lowest BCUT2D eigenvalue weighted by atomic mass is 10.1. The highest BCUT2D eigenvalue weighted by atomic mass is 16.6. The molecular formula is C8H10NO2. The molecule has 1 amide bonds. The van der Waals surface area contributed by atoms with E-state index in [2.05, 4.69) is 12.2 Å². The Kier molecular flexibility index (Phi) is 1.37. The van der Waals surface area contributed by atoms with E-state index in [1.54, 1.807) is 0 Å². The average Bonchev–Trinajstić information content (AvgIpc) is 2.45. The van der Waals surface area contributed by atoms with Gasteiger partial charge < -0.3 is 4.74 Å². The first kappa shape index (κ1) is 6.70. The van der Waals surface area contributed by atoms with Gasteiger partial charge in [-0.1, -0.05) is 12.2 Å². The zero-order chi connectivity index (χ0) is 7.84. The van der Waals surface area contributed by atoms with Crippen molar-refractivity contribution in [3.05, 3.63) is 12.2 Å². The first-order valence-corrected chi connectivity index (χ1v) is 3.86. The molecule has 3 nitrogen and oxygen atoms in total. The minimum absolute atomic E-state index is 0.00463. The number of ether oxygens (including phenoxy) is 1. The monoisotopic (exact) mass is 152 g/mol. The second-order valence-electron chi connectivity index (χ2n) is 3.22. The van der Waals surface area contributed by atoms with Gasteiger partial charge >= 0.3 is 6.09 Å². The number of rotatable bonds is 1. The van der Waals surface area contributed by atoms with Gasteiger partial charge in [-0.25, -0.2) is 10.5 Å². The summed E-state index contributed by atoms with van der Waals surface area (Å²) >= 11 is 0. The lowest BCUT2D eigenvalue weighted by molar-refractivity contribution is 0.0903. The van der Waals surface area contributed by atoms with Crippen LogP contribution in [0.25, 0.3) is 0 Å². The topological polar surface area (TPSA) is 50.1 Å². The lowest BCUT2D eigenvalue weighted by Gasteiger charge is -2.16. The maximum Gasteiger partial charge on any atom is 0.426 e. The molecule has 1 saturated carbocycles. The van der Waals surface area contributed by atoms with E-state index in [0.717, 1.165) is 12.8 Å². The highest BCUT2D eigenvalue weighted by molar-refractivity contribution is 5.64. The zero-order valence-corrected chi connectivity index (χ0v) is 6.12. The van der Waals surface area contributed by atoms with Gasteiger partial charge in [-0.2, -0.15) is 0 Å². The number of nitrogens with one attached hydrogen (secondary N) is 1. The molecule has 2 aliphatic carbocycles. The molecule has 3 heteroatoms. The van der Waals surface area contributed by atoms with E-state index in [1.807, 2.05) is 0 Å². The summed E-state index contributed by atoms with van der Waals surface area (Å²) in [6, 6.07) is 0. The number of fused-ring (bicyclic) bond motifs is 2. The molecule has 2 rings (SSSR count). The Balaban J connectivity index is 1.98. The van der Waals surface area contributed by atoms with E-state index in [4.69, 9.17) is 10.5 Å². The van der Waals surface area contributed by atoms with Crippen LogP contribution < -0.4 is 5.73 Å². The van der Waals surface area contributed by atoms with Crippen LogP contribution in [-0.2, 0) is 4.74 Å². The number of hydrogen-bond acceptors (Lipinski definition) is 2. The molecule has 1 fully saturated rings. The predicted octanol–water partition coefficient (Wildman–Crippen LogP) is 1.37. The highest BCUT2D eigenvalue weighted by Crippen LogP contribution is 2.40. The highest BCUT2D eigenvalue weighted by Gasteiger charge is 2.37. The van der Waals surface area contributed by atoms with Crippen LogP contribution in [0.1, 0.15) is 12.8 Å². The van der Waals surface area contributed by atoms with E-state index in [-0.39, 0.29) is 6.10 Å². The van der Waals surface area contributed by atoms with Gasteiger partial charge in [-0.15, -0.1) is 0 Å². The van der Waals surface area contributed by atoms with Crippen LogP contribution in [0.2, 0.25) is 0 Å². The molecule has 11 heavy (non-hydrogen) atoms. The average molecular weight is 152 g/mol. The summed E-state index contributed by atoms with van der Waals surface area (Å²) in [7, 11) is 0. The Labute approximate surface area is 65.2 Å². The standard InChI is InChI=1S/C8H10NO2/c9-8(10)11-7-4-5-1-2-6(7)3-5/h1-2,5-7,9H,3-4H2. The molecule has 0 aromatic rings. The van der Waals surface area contributed by atoms with Crippen LogP contribution in [0.5, 0.6) is 0 Å². The molecule has 0 heterocycles. The summed E-state index contributed by atoms with van der Waals surface area (Å²) in [5, 5.41) is 0.